The van der Waals surface area contributed by atoms with E-state index in [0.29, 0.717) is 24.3 Å². The number of hydrogen-bond acceptors (Lipinski definition) is 4. The Morgan fingerprint density at radius 1 is 1.20 bits per heavy atom. The summed E-state index contributed by atoms with van der Waals surface area (Å²) in [5.74, 6) is -0.147. The van der Waals surface area contributed by atoms with Crippen LogP contribution in [0.2, 0.25) is 0 Å². The topological polar surface area (TPSA) is 110 Å². The molecule has 1 aromatic rings. The molecule has 20 heavy (non-hydrogen) atoms. The minimum atomic E-state index is -3.68. The average Bonchev–Trinajstić information content (AvgIpc) is 2.40. The molecule has 0 atom stereocenters. The fourth-order valence-corrected chi connectivity index (χ4v) is 2.77. The van der Waals surface area contributed by atoms with E-state index >= 15 is 0 Å². The molecule has 4 N–H and O–H groups in total. The molecular formula is C12H18N4O3S. The van der Waals surface area contributed by atoms with Crippen molar-refractivity contribution in [2.75, 3.05) is 31.9 Å². The molecule has 0 unspecified atom stereocenters. The van der Waals surface area contributed by atoms with E-state index in [1.54, 1.807) is 23.1 Å². The summed E-state index contributed by atoms with van der Waals surface area (Å²) < 4.78 is 23.6. The van der Waals surface area contributed by atoms with Crippen LogP contribution < -0.4 is 10.9 Å². The zero-order valence-electron chi connectivity index (χ0n) is 11.2. The number of benzene rings is 1. The molecule has 1 fully saturated rings. The first-order valence-corrected chi connectivity index (χ1v) is 7.72. The molecule has 1 aliphatic rings. The van der Waals surface area contributed by atoms with Gasteiger partial charge < -0.3 is 10.6 Å². The van der Waals surface area contributed by atoms with E-state index in [4.69, 9.17) is 10.9 Å². The highest BCUT2D eigenvalue weighted by molar-refractivity contribution is 7.86. The Balaban J connectivity index is 2.07. The standard InChI is InChI=1S/C12H18N4O3S/c1-9-2-3-10(8-11(9)13)12(17)15-4-6-16(7-5-15)20(14,18)19/h2-3,8H,4-7,13H2,1H3,(H2,14,18,19). The fourth-order valence-electron chi connectivity index (χ4n) is 2.10. The summed E-state index contributed by atoms with van der Waals surface area (Å²) in [5, 5.41) is 5.06. The molecule has 8 heteroatoms. The normalized spacial score (nSPS) is 17.2. The summed E-state index contributed by atoms with van der Waals surface area (Å²) in [6, 6.07) is 5.16. The van der Waals surface area contributed by atoms with Crippen molar-refractivity contribution in [1.29, 1.82) is 0 Å². The molecular weight excluding hydrogens is 280 g/mol. The van der Waals surface area contributed by atoms with E-state index in [1.807, 2.05) is 6.92 Å². The molecule has 0 aliphatic carbocycles. The van der Waals surface area contributed by atoms with Crippen LogP contribution in [0.3, 0.4) is 0 Å². The number of nitrogen functional groups attached to an aromatic ring is 1. The summed E-state index contributed by atoms with van der Waals surface area (Å²) in [5.41, 5.74) is 7.79. The number of nitrogens with zero attached hydrogens (tertiary/aromatic N) is 2. The van der Waals surface area contributed by atoms with Crippen molar-refractivity contribution in [3.05, 3.63) is 29.3 Å². The van der Waals surface area contributed by atoms with Gasteiger partial charge in [-0.25, -0.2) is 5.14 Å². The minimum Gasteiger partial charge on any atom is -0.398 e. The summed E-state index contributed by atoms with van der Waals surface area (Å²) in [6.45, 7) is 2.94. The van der Waals surface area contributed by atoms with Crippen molar-refractivity contribution < 1.29 is 13.2 Å². The maximum absolute atomic E-state index is 12.3. The number of rotatable bonds is 2. The Morgan fingerprint density at radius 2 is 1.80 bits per heavy atom. The second-order valence-corrected chi connectivity index (χ2v) is 6.35. The van der Waals surface area contributed by atoms with Crippen LogP contribution in [0.15, 0.2) is 18.2 Å². The third-order valence-corrected chi connectivity index (χ3v) is 4.50. The van der Waals surface area contributed by atoms with Crippen LogP contribution >= 0.6 is 0 Å². The highest BCUT2D eigenvalue weighted by atomic mass is 32.2. The van der Waals surface area contributed by atoms with Gasteiger partial charge in [0, 0.05) is 37.4 Å². The molecule has 1 saturated heterocycles. The molecule has 110 valence electrons. The number of nitrogens with two attached hydrogens (primary N) is 2. The quantitative estimate of drug-likeness (QED) is 0.720. The molecule has 1 heterocycles. The van der Waals surface area contributed by atoms with Gasteiger partial charge >= 0.3 is 0 Å². The van der Waals surface area contributed by atoms with Gasteiger partial charge in [-0.05, 0) is 24.6 Å². The lowest BCUT2D eigenvalue weighted by Gasteiger charge is -2.33. The van der Waals surface area contributed by atoms with Gasteiger partial charge in [0.1, 0.15) is 0 Å². The molecule has 1 aromatic carbocycles. The predicted octanol–water partition coefficient (Wildman–Crippen LogP) is -0.461. The van der Waals surface area contributed by atoms with Gasteiger partial charge in [-0.15, -0.1) is 0 Å². The summed E-state index contributed by atoms with van der Waals surface area (Å²) >= 11 is 0. The first-order valence-electron chi connectivity index (χ1n) is 6.22. The zero-order valence-corrected chi connectivity index (χ0v) is 12.1. The third-order valence-electron chi connectivity index (χ3n) is 3.41. The highest BCUT2D eigenvalue weighted by Crippen LogP contribution is 2.16. The van der Waals surface area contributed by atoms with E-state index < -0.39 is 10.2 Å². The van der Waals surface area contributed by atoms with E-state index in [9.17, 15) is 13.2 Å². The Bertz CT molecular complexity index is 622. The minimum absolute atomic E-state index is 0.147. The first-order chi connectivity index (χ1) is 9.29. The van der Waals surface area contributed by atoms with Gasteiger partial charge in [-0.1, -0.05) is 6.07 Å². The van der Waals surface area contributed by atoms with Crippen LogP contribution in [0.4, 0.5) is 5.69 Å². The predicted molar refractivity (Wildman–Crippen MR) is 76.2 cm³/mol. The molecule has 1 amide bonds. The van der Waals surface area contributed by atoms with E-state index in [2.05, 4.69) is 0 Å². The first kappa shape index (κ1) is 14.8. The van der Waals surface area contributed by atoms with E-state index in [0.717, 1.165) is 5.56 Å². The number of carbonyl (C=O) groups excluding carboxylic acids is 1. The molecule has 2 rings (SSSR count). The summed E-state index contributed by atoms with van der Waals surface area (Å²) in [6.07, 6.45) is 0. The molecule has 1 aliphatic heterocycles. The molecule has 0 radical (unpaired) electrons. The van der Waals surface area contributed by atoms with Crippen molar-refractivity contribution in [3.63, 3.8) is 0 Å². The second-order valence-electron chi connectivity index (χ2n) is 4.81. The molecule has 7 nitrogen and oxygen atoms in total. The van der Waals surface area contributed by atoms with Crippen molar-refractivity contribution in [2.24, 2.45) is 5.14 Å². The number of anilines is 1. The SMILES string of the molecule is Cc1ccc(C(=O)N2CCN(S(N)(=O)=O)CC2)cc1N. The van der Waals surface area contributed by atoms with Gasteiger partial charge in [-0.3, -0.25) is 4.79 Å². The molecule has 0 bridgehead atoms. The van der Waals surface area contributed by atoms with Crippen LogP contribution in [0, 0.1) is 6.92 Å². The fraction of sp³-hybridized carbons (Fsp3) is 0.417. The lowest BCUT2D eigenvalue weighted by Crippen LogP contribution is -2.52. The Labute approximate surface area is 118 Å². The van der Waals surface area contributed by atoms with Gasteiger partial charge in [-0.2, -0.15) is 12.7 Å². The van der Waals surface area contributed by atoms with Crippen LogP contribution in [0.1, 0.15) is 15.9 Å². The summed E-state index contributed by atoms with van der Waals surface area (Å²) in [4.78, 5) is 13.9. The monoisotopic (exact) mass is 298 g/mol. The molecule has 0 saturated carbocycles. The Hall–Kier alpha value is -1.64. The number of hydrogen-bond donors (Lipinski definition) is 2. The Morgan fingerprint density at radius 3 is 2.30 bits per heavy atom. The summed E-state index contributed by atoms with van der Waals surface area (Å²) in [7, 11) is -3.68. The van der Waals surface area contributed by atoms with Crippen molar-refractivity contribution in [2.45, 2.75) is 6.92 Å². The number of amides is 1. The smallest absolute Gasteiger partial charge is 0.277 e. The van der Waals surface area contributed by atoms with E-state index in [1.165, 1.54) is 4.31 Å². The van der Waals surface area contributed by atoms with Gasteiger partial charge in [0.15, 0.2) is 0 Å². The highest BCUT2D eigenvalue weighted by Gasteiger charge is 2.27. The van der Waals surface area contributed by atoms with Crippen LogP contribution in [-0.2, 0) is 10.2 Å². The zero-order chi connectivity index (χ0) is 14.9. The van der Waals surface area contributed by atoms with Crippen LogP contribution in [0.25, 0.3) is 0 Å². The Kier molecular flexibility index (Phi) is 3.98. The maximum Gasteiger partial charge on any atom is 0.277 e. The van der Waals surface area contributed by atoms with Crippen molar-refractivity contribution in [3.8, 4) is 0 Å². The lowest BCUT2D eigenvalue weighted by atomic mass is 10.1. The largest absolute Gasteiger partial charge is 0.398 e. The van der Waals surface area contributed by atoms with Crippen LogP contribution in [0.5, 0.6) is 0 Å². The van der Waals surface area contributed by atoms with Crippen LogP contribution in [-0.4, -0.2) is 49.7 Å². The average molecular weight is 298 g/mol. The molecule has 0 spiro atoms. The van der Waals surface area contributed by atoms with Crippen molar-refractivity contribution >= 4 is 21.8 Å². The van der Waals surface area contributed by atoms with Gasteiger partial charge in [0.25, 0.3) is 16.1 Å². The molecule has 0 aromatic heterocycles. The second kappa shape index (κ2) is 5.39. The van der Waals surface area contributed by atoms with Crippen molar-refractivity contribution in [1.82, 2.24) is 9.21 Å². The lowest BCUT2D eigenvalue weighted by molar-refractivity contribution is 0.0698. The van der Waals surface area contributed by atoms with Gasteiger partial charge in [0.2, 0.25) is 0 Å². The van der Waals surface area contributed by atoms with Gasteiger partial charge in [0.05, 0.1) is 0 Å². The number of carbonyl (C=O) groups is 1. The maximum atomic E-state index is 12.3. The number of aryl methyl sites for hydroxylation is 1. The third kappa shape index (κ3) is 3.09. The number of piperazine rings is 1. The van der Waals surface area contributed by atoms with E-state index in [-0.39, 0.29) is 19.0 Å².